The van der Waals surface area contributed by atoms with Gasteiger partial charge in [-0.25, -0.2) is 0 Å². The van der Waals surface area contributed by atoms with E-state index < -0.39 is 8.07 Å². The van der Waals surface area contributed by atoms with Crippen LogP contribution in [0, 0.1) is 20.8 Å². The van der Waals surface area contributed by atoms with Gasteiger partial charge in [-0.1, -0.05) is 186 Å². The highest BCUT2D eigenvalue weighted by Gasteiger charge is 2.57. The average molecular weight is 651 g/mol. The van der Waals surface area contributed by atoms with E-state index in [-0.39, 0.29) is 5.04 Å². The summed E-state index contributed by atoms with van der Waals surface area (Å²) in [6, 6.07) is 54.4. The van der Waals surface area contributed by atoms with Gasteiger partial charge < -0.3 is 0 Å². The van der Waals surface area contributed by atoms with Gasteiger partial charge in [-0.2, -0.15) is 0 Å². The molecular formula is C48H46Si. The summed E-state index contributed by atoms with van der Waals surface area (Å²) < 4.78 is 0. The van der Waals surface area contributed by atoms with Gasteiger partial charge in [0.25, 0.3) is 0 Å². The van der Waals surface area contributed by atoms with Crippen LogP contribution >= 0.6 is 0 Å². The third kappa shape index (κ3) is 5.38. The van der Waals surface area contributed by atoms with E-state index in [1.165, 1.54) is 82.4 Å². The lowest BCUT2D eigenvalue weighted by Gasteiger charge is -2.49. The van der Waals surface area contributed by atoms with Crippen LogP contribution < -0.4 is 15.6 Å². The Balaban J connectivity index is 1.59. The molecule has 1 aliphatic carbocycles. The van der Waals surface area contributed by atoms with Crippen molar-refractivity contribution in [1.82, 2.24) is 0 Å². The monoisotopic (exact) mass is 650 g/mol. The zero-order chi connectivity index (χ0) is 34.3. The summed E-state index contributed by atoms with van der Waals surface area (Å²) in [7, 11) is -2.90. The highest BCUT2D eigenvalue weighted by atomic mass is 28.3. The molecule has 1 heteroatoms. The molecule has 6 aromatic carbocycles. The van der Waals surface area contributed by atoms with Crippen LogP contribution in [0.4, 0.5) is 0 Å². The Hall–Kier alpha value is -4.98. The van der Waals surface area contributed by atoms with Gasteiger partial charge in [-0.05, 0) is 96.1 Å². The molecule has 0 N–H and O–H groups in total. The first-order valence-electron chi connectivity index (χ1n) is 17.5. The van der Waals surface area contributed by atoms with E-state index in [0.717, 1.165) is 0 Å². The molecule has 242 valence electrons. The van der Waals surface area contributed by atoms with Crippen molar-refractivity contribution in [3.63, 3.8) is 0 Å². The number of aryl methyl sites for hydroxylation is 3. The van der Waals surface area contributed by atoms with Gasteiger partial charge in [0.05, 0.1) is 0 Å². The van der Waals surface area contributed by atoms with E-state index in [0.29, 0.717) is 0 Å². The van der Waals surface area contributed by atoms with Crippen molar-refractivity contribution in [2.45, 2.75) is 53.5 Å². The van der Waals surface area contributed by atoms with Crippen LogP contribution in [0.25, 0.3) is 33.4 Å². The maximum atomic E-state index is 2.63. The van der Waals surface area contributed by atoms with Crippen LogP contribution in [0.15, 0.2) is 168 Å². The number of hydrogen-bond donors (Lipinski definition) is 0. The minimum atomic E-state index is -2.90. The van der Waals surface area contributed by atoms with Crippen LogP contribution in [-0.2, 0) is 0 Å². The first-order valence-corrected chi connectivity index (χ1v) is 19.5. The lowest BCUT2D eigenvalue weighted by atomic mass is 10.0. The van der Waals surface area contributed by atoms with Crippen molar-refractivity contribution in [3.05, 3.63) is 185 Å². The lowest BCUT2D eigenvalue weighted by molar-refractivity contribution is 0.869. The predicted molar refractivity (Wildman–Crippen MR) is 215 cm³/mol. The van der Waals surface area contributed by atoms with Gasteiger partial charge in [-0.15, -0.1) is 0 Å². The fourth-order valence-corrected chi connectivity index (χ4v) is 15.4. The number of allylic oxidation sites excluding steroid dienone is 4. The SMILES string of the molecule is CC1=CC(C)([Si](c2ccc(-c3ccccc3)cc2C)(c2ccc(-c3ccccc3)cc2C)c2ccc(-c3ccccc3)cc2C)C(C)=C1C. The molecule has 6 aromatic rings. The molecule has 0 radical (unpaired) electrons. The summed E-state index contributed by atoms with van der Waals surface area (Å²) >= 11 is 0. The summed E-state index contributed by atoms with van der Waals surface area (Å²) in [4.78, 5) is 0. The fourth-order valence-electron chi connectivity index (χ4n) is 8.68. The maximum Gasteiger partial charge on any atom is 0.162 e. The van der Waals surface area contributed by atoms with Crippen molar-refractivity contribution in [1.29, 1.82) is 0 Å². The van der Waals surface area contributed by atoms with Crippen molar-refractivity contribution in [2.24, 2.45) is 0 Å². The molecule has 0 aromatic heterocycles. The molecule has 0 heterocycles. The van der Waals surface area contributed by atoms with Gasteiger partial charge in [-0.3, -0.25) is 0 Å². The van der Waals surface area contributed by atoms with E-state index in [1.807, 2.05) is 0 Å². The van der Waals surface area contributed by atoms with Crippen molar-refractivity contribution >= 4 is 23.6 Å². The zero-order valence-electron chi connectivity index (χ0n) is 29.9. The van der Waals surface area contributed by atoms with Gasteiger partial charge in [0.15, 0.2) is 8.07 Å². The van der Waals surface area contributed by atoms with Gasteiger partial charge in [0.1, 0.15) is 0 Å². The van der Waals surface area contributed by atoms with Crippen LogP contribution in [0.5, 0.6) is 0 Å². The Morgan fingerprint density at radius 3 is 0.980 bits per heavy atom. The van der Waals surface area contributed by atoms with E-state index >= 15 is 0 Å². The Bertz CT molecular complexity index is 2010. The molecule has 1 atom stereocenters. The molecule has 1 aliphatic rings. The van der Waals surface area contributed by atoms with Crippen molar-refractivity contribution in [3.8, 4) is 33.4 Å². The number of hydrogen-bond acceptors (Lipinski definition) is 0. The third-order valence-electron chi connectivity index (χ3n) is 11.4. The highest BCUT2D eigenvalue weighted by molar-refractivity contribution is 7.14. The number of rotatable bonds is 7. The fraction of sp³-hybridized carbons (Fsp3) is 0.167. The first-order chi connectivity index (χ1) is 23.6. The van der Waals surface area contributed by atoms with E-state index in [4.69, 9.17) is 0 Å². The molecule has 0 bridgehead atoms. The van der Waals surface area contributed by atoms with Crippen LogP contribution in [0.2, 0.25) is 5.04 Å². The summed E-state index contributed by atoms with van der Waals surface area (Å²) in [5, 5.41) is 4.26. The molecule has 49 heavy (non-hydrogen) atoms. The largest absolute Gasteiger partial charge is 0.162 e. The molecular weight excluding hydrogens is 605 g/mol. The molecule has 0 amide bonds. The Morgan fingerprint density at radius 1 is 0.388 bits per heavy atom. The second-order valence-corrected chi connectivity index (χ2v) is 18.4. The second-order valence-electron chi connectivity index (χ2n) is 14.2. The normalized spacial score (nSPS) is 16.2. The predicted octanol–water partition coefficient (Wildman–Crippen LogP) is 11.1. The van der Waals surface area contributed by atoms with Crippen LogP contribution in [-0.4, -0.2) is 8.07 Å². The Labute approximate surface area is 294 Å². The van der Waals surface area contributed by atoms with Gasteiger partial charge >= 0.3 is 0 Å². The quantitative estimate of drug-likeness (QED) is 0.119. The Kier molecular flexibility index (Phi) is 8.51. The van der Waals surface area contributed by atoms with Crippen LogP contribution in [0.3, 0.4) is 0 Å². The van der Waals surface area contributed by atoms with E-state index in [1.54, 1.807) is 0 Å². The molecule has 1 unspecified atom stereocenters. The standard InChI is InChI=1S/C48H46Si/c1-33-29-42(39-17-11-8-12-18-39)23-26-45(33)49(48(7)32-36(4)37(5)38(48)6,46-27-24-43(30-34(46)2)40-19-13-9-14-20-40)47-28-25-44(31-35(47)3)41-21-15-10-16-22-41/h8-32H,1-7H3. The maximum absolute atomic E-state index is 2.90. The van der Waals surface area contributed by atoms with E-state index in [2.05, 4.69) is 200 Å². The topological polar surface area (TPSA) is 0 Å². The Morgan fingerprint density at radius 2 is 0.714 bits per heavy atom. The third-order valence-corrected chi connectivity index (χ3v) is 17.6. The second kappa shape index (κ2) is 12.8. The van der Waals surface area contributed by atoms with Gasteiger partial charge in [0, 0.05) is 5.04 Å². The summed E-state index contributed by atoms with van der Waals surface area (Å²) in [5.41, 5.74) is 15.9. The molecule has 0 saturated heterocycles. The molecule has 0 aliphatic heterocycles. The molecule has 0 saturated carbocycles. The summed E-state index contributed by atoms with van der Waals surface area (Å²) in [6.07, 6.45) is 2.63. The highest BCUT2D eigenvalue weighted by Crippen LogP contribution is 2.53. The van der Waals surface area contributed by atoms with E-state index in [9.17, 15) is 0 Å². The van der Waals surface area contributed by atoms with Crippen LogP contribution in [0.1, 0.15) is 44.4 Å². The molecule has 0 fully saturated rings. The minimum Gasteiger partial charge on any atom is -0.0730 e. The molecule has 0 spiro atoms. The first kappa shape index (κ1) is 32.6. The molecule has 7 rings (SSSR count). The average Bonchev–Trinajstić information content (AvgIpc) is 3.33. The minimum absolute atomic E-state index is 0.196. The summed E-state index contributed by atoms with van der Waals surface area (Å²) in [6.45, 7) is 16.6. The summed E-state index contributed by atoms with van der Waals surface area (Å²) in [5.74, 6) is 0. The lowest BCUT2D eigenvalue weighted by Crippen LogP contribution is -2.74. The van der Waals surface area contributed by atoms with Gasteiger partial charge in [0.2, 0.25) is 0 Å². The van der Waals surface area contributed by atoms with Crippen molar-refractivity contribution in [2.75, 3.05) is 0 Å². The molecule has 0 nitrogen and oxygen atoms in total. The number of benzene rings is 6. The van der Waals surface area contributed by atoms with Crippen molar-refractivity contribution < 1.29 is 0 Å². The smallest absolute Gasteiger partial charge is 0.0730 e. The zero-order valence-corrected chi connectivity index (χ0v) is 30.9.